The molecule has 3 atom stereocenters. The lowest BCUT2D eigenvalue weighted by atomic mass is 10.0. The molecule has 0 saturated carbocycles. The minimum absolute atomic E-state index is 0.0441. The third kappa shape index (κ3) is 8.20. The maximum Gasteiger partial charge on any atom is 0.573 e. The standard InChI is InChI=1S/C27H27F7N4O2S2/c1-38-12-10-20(19(28)15-38)37-22-6-3-5-17-18(14-26(29,30)31)24(41-25(17)22)7-4-11-36-21-9-8-16(42(2,35)39)13-23(21)40-27(32,33)34/h3,5-6,8-9,13,19-20,35-37H,10-12,14-15H2,1-2H3/t19-,20?,42?/m1/s1. The molecule has 3 aromatic rings. The van der Waals surface area contributed by atoms with Crippen molar-refractivity contribution in [2.24, 2.45) is 0 Å². The number of nitrogens with zero attached hydrogens (tertiary/aromatic N) is 1. The van der Waals surface area contributed by atoms with Gasteiger partial charge in [-0.3, -0.25) is 0 Å². The summed E-state index contributed by atoms with van der Waals surface area (Å²) in [6.07, 6.45) is -10.4. The Bertz CT molecular complexity index is 1610. The van der Waals surface area contributed by atoms with Crippen LogP contribution in [0.3, 0.4) is 0 Å². The number of piperidine rings is 1. The van der Waals surface area contributed by atoms with Gasteiger partial charge < -0.3 is 20.3 Å². The molecule has 1 aromatic heterocycles. The van der Waals surface area contributed by atoms with E-state index < -0.39 is 46.7 Å². The van der Waals surface area contributed by atoms with Gasteiger partial charge in [0.15, 0.2) is 5.75 Å². The number of hydrogen-bond donors (Lipinski definition) is 3. The van der Waals surface area contributed by atoms with Crippen molar-refractivity contribution in [3.05, 3.63) is 46.8 Å². The minimum Gasteiger partial charge on any atom is -0.404 e. The van der Waals surface area contributed by atoms with Crippen LogP contribution < -0.4 is 15.4 Å². The Morgan fingerprint density at radius 1 is 1.17 bits per heavy atom. The molecule has 0 bridgehead atoms. The van der Waals surface area contributed by atoms with Crippen molar-refractivity contribution in [1.29, 1.82) is 4.78 Å². The summed E-state index contributed by atoms with van der Waals surface area (Å²) in [5.74, 6) is 4.63. The zero-order valence-electron chi connectivity index (χ0n) is 22.4. The van der Waals surface area contributed by atoms with Crippen molar-refractivity contribution >= 4 is 42.5 Å². The van der Waals surface area contributed by atoms with Crippen LogP contribution in [0, 0.1) is 16.6 Å². The normalized spacial score (nSPS) is 19.5. The third-order valence-corrected chi connectivity index (χ3v) is 8.83. The van der Waals surface area contributed by atoms with Crippen molar-refractivity contribution in [2.45, 2.75) is 42.5 Å². The van der Waals surface area contributed by atoms with Gasteiger partial charge in [0, 0.05) is 19.3 Å². The van der Waals surface area contributed by atoms with E-state index in [2.05, 4.69) is 27.2 Å². The molecule has 0 aliphatic carbocycles. The smallest absolute Gasteiger partial charge is 0.404 e. The fraction of sp³-hybridized carbons (Fsp3) is 0.407. The number of thiophene rings is 1. The van der Waals surface area contributed by atoms with E-state index in [0.717, 1.165) is 29.7 Å². The van der Waals surface area contributed by atoms with E-state index in [9.17, 15) is 34.9 Å². The highest BCUT2D eigenvalue weighted by molar-refractivity contribution is 7.91. The highest BCUT2D eigenvalue weighted by Gasteiger charge is 2.33. The summed E-state index contributed by atoms with van der Waals surface area (Å²) in [4.78, 5) is 1.81. The molecule has 4 rings (SSSR count). The molecule has 1 fully saturated rings. The summed E-state index contributed by atoms with van der Waals surface area (Å²) in [6, 6.07) is 7.52. The Morgan fingerprint density at radius 2 is 1.90 bits per heavy atom. The van der Waals surface area contributed by atoms with E-state index in [-0.39, 0.29) is 34.1 Å². The fourth-order valence-electron chi connectivity index (χ4n) is 4.54. The number of alkyl halides is 7. The van der Waals surface area contributed by atoms with E-state index in [4.69, 9.17) is 4.78 Å². The van der Waals surface area contributed by atoms with E-state index in [1.807, 2.05) is 11.9 Å². The average molecular weight is 637 g/mol. The topological polar surface area (TPSA) is 77.5 Å². The van der Waals surface area contributed by atoms with Gasteiger partial charge in [-0.05, 0) is 48.7 Å². The zero-order chi connectivity index (χ0) is 30.9. The summed E-state index contributed by atoms with van der Waals surface area (Å²) in [5.41, 5.74) is 0.295. The second-order valence-electron chi connectivity index (χ2n) is 9.91. The predicted molar refractivity (Wildman–Crippen MR) is 150 cm³/mol. The fourth-order valence-corrected chi connectivity index (χ4v) is 6.37. The number of fused-ring (bicyclic) bond motifs is 1. The van der Waals surface area contributed by atoms with E-state index in [1.54, 1.807) is 18.2 Å². The van der Waals surface area contributed by atoms with Gasteiger partial charge in [-0.1, -0.05) is 24.0 Å². The molecule has 15 heteroatoms. The number of halogens is 7. The number of anilines is 2. The minimum atomic E-state index is -5.07. The van der Waals surface area contributed by atoms with Gasteiger partial charge in [0.2, 0.25) is 0 Å². The molecule has 1 saturated heterocycles. The number of nitrogens with one attached hydrogen (secondary N) is 3. The molecule has 6 nitrogen and oxygen atoms in total. The molecule has 0 amide bonds. The molecule has 0 radical (unpaired) electrons. The van der Waals surface area contributed by atoms with Crippen LogP contribution in [0.25, 0.3) is 10.1 Å². The highest BCUT2D eigenvalue weighted by atomic mass is 32.2. The second kappa shape index (κ2) is 12.2. The zero-order valence-corrected chi connectivity index (χ0v) is 24.0. The van der Waals surface area contributed by atoms with E-state index >= 15 is 0 Å². The van der Waals surface area contributed by atoms with Gasteiger partial charge in [-0.15, -0.1) is 24.5 Å². The monoisotopic (exact) mass is 636 g/mol. The van der Waals surface area contributed by atoms with Crippen molar-refractivity contribution in [2.75, 3.05) is 43.6 Å². The van der Waals surface area contributed by atoms with Crippen LogP contribution in [0.4, 0.5) is 42.1 Å². The number of ether oxygens (including phenoxy) is 1. The summed E-state index contributed by atoms with van der Waals surface area (Å²) >= 11 is 1.02. The summed E-state index contributed by atoms with van der Waals surface area (Å²) in [6.45, 7) is 0.639. The lowest BCUT2D eigenvalue weighted by Gasteiger charge is -2.33. The molecular weight excluding hydrogens is 609 g/mol. The molecule has 3 N–H and O–H groups in total. The van der Waals surface area contributed by atoms with Crippen molar-refractivity contribution in [3.8, 4) is 17.6 Å². The predicted octanol–water partition coefficient (Wildman–Crippen LogP) is 6.86. The van der Waals surface area contributed by atoms with Crippen LogP contribution in [-0.4, -0.2) is 66.8 Å². The van der Waals surface area contributed by atoms with Crippen LogP contribution in [-0.2, 0) is 16.1 Å². The van der Waals surface area contributed by atoms with Gasteiger partial charge >= 0.3 is 12.5 Å². The van der Waals surface area contributed by atoms with E-state index in [0.29, 0.717) is 28.7 Å². The number of rotatable bonds is 7. The van der Waals surface area contributed by atoms with E-state index in [1.165, 1.54) is 6.07 Å². The Hall–Kier alpha value is -3.22. The Labute approximate surface area is 242 Å². The maximum absolute atomic E-state index is 14.7. The maximum atomic E-state index is 14.7. The van der Waals surface area contributed by atoms with Crippen LogP contribution in [0.15, 0.2) is 41.3 Å². The van der Waals surface area contributed by atoms with Crippen LogP contribution in [0.5, 0.6) is 5.75 Å². The molecule has 1 aliphatic rings. The van der Waals surface area contributed by atoms with Gasteiger partial charge in [-0.2, -0.15) is 13.2 Å². The Morgan fingerprint density at radius 3 is 2.55 bits per heavy atom. The lowest BCUT2D eigenvalue weighted by molar-refractivity contribution is -0.274. The second-order valence-corrected chi connectivity index (χ2v) is 13.1. The molecule has 1 aliphatic heterocycles. The van der Waals surface area contributed by atoms with Crippen molar-refractivity contribution < 1.29 is 39.7 Å². The molecule has 228 valence electrons. The molecule has 42 heavy (non-hydrogen) atoms. The average Bonchev–Trinajstić information content (AvgIpc) is 3.19. The van der Waals surface area contributed by atoms with Crippen LogP contribution in [0.1, 0.15) is 16.9 Å². The van der Waals surface area contributed by atoms with Gasteiger partial charge in [0.1, 0.15) is 6.17 Å². The first-order chi connectivity index (χ1) is 19.5. The molecule has 2 unspecified atom stereocenters. The first-order valence-electron chi connectivity index (χ1n) is 12.6. The van der Waals surface area contributed by atoms with Gasteiger partial charge in [-0.25, -0.2) is 13.4 Å². The van der Waals surface area contributed by atoms with Crippen LogP contribution >= 0.6 is 11.3 Å². The summed E-state index contributed by atoms with van der Waals surface area (Å²) < 4.78 is 118. The summed E-state index contributed by atoms with van der Waals surface area (Å²) in [7, 11) is -1.52. The molecule has 0 spiro atoms. The first kappa shape index (κ1) is 31.7. The highest BCUT2D eigenvalue weighted by Crippen LogP contribution is 2.40. The number of hydrogen-bond acceptors (Lipinski definition) is 7. The largest absolute Gasteiger partial charge is 0.573 e. The Balaban J connectivity index is 1.62. The Kier molecular flexibility index (Phi) is 9.19. The molecule has 2 aromatic carbocycles. The number of benzene rings is 2. The van der Waals surface area contributed by atoms with Gasteiger partial charge in [0.25, 0.3) is 0 Å². The third-order valence-electron chi connectivity index (χ3n) is 6.48. The SMILES string of the molecule is CN1CCC(Nc2cccc3c(CC(F)(F)F)c(C#CCNc4ccc(S(C)(=N)=O)cc4OC(F)(F)F)sc23)[C@H](F)C1. The van der Waals surface area contributed by atoms with Gasteiger partial charge in [0.05, 0.1) is 54.6 Å². The summed E-state index contributed by atoms with van der Waals surface area (Å²) in [5, 5.41) is 6.12. The molecular formula is C27H27F7N4O2S2. The van der Waals surface area contributed by atoms with Crippen LogP contribution in [0.2, 0.25) is 0 Å². The first-order valence-corrected chi connectivity index (χ1v) is 15.3. The van der Waals surface area contributed by atoms with Crippen molar-refractivity contribution in [1.82, 2.24) is 4.90 Å². The number of likely N-dealkylation sites (tertiary alicyclic amines) is 1. The quantitative estimate of drug-likeness (QED) is 0.195. The molecule has 2 heterocycles. The van der Waals surface area contributed by atoms with Crippen molar-refractivity contribution in [3.63, 3.8) is 0 Å². The lowest BCUT2D eigenvalue weighted by Crippen LogP contribution is -2.46.